The minimum Gasteiger partial charge on any atom is -0.396 e. The highest BCUT2D eigenvalue weighted by atomic mass is 16.6. The maximum Gasteiger partial charge on any atom is 0.116 e. The number of hydrogen-bond acceptors (Lipinski definition) is 2. The zero-order chi connectivity index (χ0) is 9.36. The molecule has 2 nitrogen and oxygen atoms in total. The maximum absolute atomic E-state index is 4.96. The molecule has 0 heterocycles. The molecule has 13 heavy (non-hydrogen) atoms. The van der Waals surface area contributed by atoms with Gasteiger partial charge in [-0.15, -0.1) is 0 Å². The van der Waals surface area contributed by atoms with E-state index in [4.69, 9.17) is 4.84 Å². The van der Waals surface area contributed by atoms with Crippen molar-refractivity contribution in [1.82, 2.24) is 0 Å². The largest absolute Gasteiger partial charge is 0.396 e. The Hall–Kier alpha value is -1.31. The van der Waals surface area contributed by atoms with E-state index in [-0.39, 0.29) is 0 Å². The van der Waals surface area contributed by atoms with Crippen molar-refractivity contribution in [1.29, 1.82) is 0 Å². The summed E-state index contributed by atoms with van der Waals surface area (Å²) >= 11 is 0. The van der Waals surface area contributed by atoms with Crippen molar-refractivity contribution in [2.24, 2.45) is 5.16 Å². The van der Waals surface area contributed by atoms with Gasteiger partial charge in [-0.2, -0.15) is 0 Å². The first-order valence-electron chi connectivity index (χ1n) is 4.53. The van der Waals surface area contributed by atoms with Crippen molar-refractivity contribution >= 4 is 6.21 Å². The van der Waals surface area contributed by atoms with E-state index < -0.39 is 0 Å². The highest BCUT2D eigenvalue weighted by molar-refractivity contribution is 5.60. The molecule has 0 aliphatic carbocycles. The summed E-state index contributed by atoms with van der Waals surface area (Å²) in [5.41, 5.74) is 1.13. The monoisotopic (exact) mass is 176 g/mol. The molecule has 1 aromatic carbocycles. The first kappa shape index (κ1) is 9.78. The Morgan fingerprint density at radius 2 is 2.46 bits per heavy atom. The van der Waals surface area contributed by atoms with Crippen LogP contribution in [0.3, 0.4) is 0 Å². The maximum atomic E-state index is 4.96. The van der Waals surface area contributed by atoms with Gasteiger partial charge >= 0.3 is 0 Å². The average molecular weight is 176 g/mol. The van der Waals surface area contributed by atoms with E-state index in [1.54, 1.807) is 6.21 Å². The van der Waals surface area contributed by atoms with Gasteiger partial charge in [0.1, 0.15) is 6.61 Å². The minimum absolute atomic E-state index is 0.689. The van der Waals surface area contributed by atoms with Crippen LogP contribution in [0, 0.1) is 6.07 Å². The normalized spacial score (nSPS) is 10.5. The van der Waals surface area contributed by atoms with Crippen LogP contribution < -0.4 is 0 Å². The third-order valence-electron chi connectivity index (χ3n) is 1.53. The molecule has 0 unspecified atom stereocenters. The smallest absolute Gasteiger partial charge is 0.116 e. The van der Waals surface area contributed by atoms with Gasteiger partial charge in [0, 0.05) is 12.6 Å². The lowest BCUT2D eigenvalue weighted by Crippen LogP contribution is -1.88. The molecule has 0 aromatic heterocycles. The predicted molar refractivity (Wildman–Crippen MR) is 53.7 cm³/mol. The number of oxime groups is 1. The molecule has 2 heteroatoms. The Bertz CT molecular complexity index is 244. The second-order valence-electron chi connectivity index (χ2n) is 2.71. The van der Waals surface area contributed by atoms with Crippen LogP contribution in [0.4, 0.5) is 0 Å². The van der Waals surface area contributed by atoms with Crippen LogP contribution in [0.5, 0.6) is 0 Å². The molecular formula is C11H14NO. The lowest BCUT2D eigenvalue weighted by molar-refractivity contribution is 0.146. The fourth-order valence-corrected chi connectivity index (χ4v) is 0.890. The predicted octanol–water partition coefficient (Wildman–Crippen LogP) is 2.44. The van der Waals surface area contributed by atoms with Crippen molar-refractivity contribution in [3.05, 3.63) is 35.9 Å². The first-order valence-corrected chi connectivity index (χ1v) is 4.53. The summed E-state index contributed by atoms with van der Waals surface area (Å²) in [4.78, 5) is 4.96. The SMILES string of the molecule is CCCON=CCc1[c]cccc1. The summed E-state index contributed by atoms with van der Waals surface area (Å²) in [7, 11) is 0. The van der Waals surface area contributed by atoms with E-state index >= 15 is 0 Å². The topological polar surface area (TPSA) is 21.6 Å². The summed E-state index contributed by atoms with van der Waals surface area (Å²) in [6.07, 6.45) is 3.54. The van der Waals surface area contributed by atoms with E-state index in [1.807, 2.05) is 24.3 Å². The zero-order valence-corrected chi connectivity index (χ0v) is 7.86. The van der Waals surface area contributed by atoms with Crippen LogP contribution in [-0.2, 0) is 11.3 Å². The van der Waals surface area contributed by atoms with Crippen LogP contribution in [0.25, 0.3) is 0 Å². The lowest BCUT2D eigenvalue weighted by Gasteiger charge is -1.94. The van der Waals surface area contributed by atoms with Gasteiger partial charge in [-0.05, 0) is 18.1 Å². The molecule has 0 saturated heterocycles. The van der Waals surface area contributed by atoms with Crippen molar-refractivity contribution in [2.75, 3.05) is 6.61 Å². The number of benzene rings is 1. The fourth-order valence-electron chi connectivity index (χ4n) is 0.890. The number of nitrogens with zero attached hydrogens (tertiary/aromatic N) is 1. The van der Waals surface area contributed by atoms with Gasteiger partial charge in [-0.25, -0.2) is 0 Å². The Labute approximate surface area is 79.2 Å². The Morgan fingerprint density at radius 1 is 1.54 bits per heavy atom. The quantitative estimate of drug-likeness (QED) is 0.383. The summed E-state index contributed by atoms with van der Waals surface area (Å²) in [5, 5.41) is 3.81. The van der Waals surface area contributed by atoms with E-state index in [0.717, 1.165) is 18.4 Å². The second-order valence-corrected chi connectivity index (χ2v) is 2.71. The molecule has 0 spiro atoms. The van der Waals surface area contributed by atoms with E-state index in [1.165, 1.54) is 0 Å². The van der Waals surface area contributed by atoms with Crippen molar-refractivity contribution in [2.45, 2.75) is 19.8 Å². The van der Waals surface area contributed by atoms with Gasteiger partial charge in [0.05, 0.1) is 0 Å². The molecule has 0 fully saturated rings. The Morgan fingerprint density at radius 3 is 3.15 bits per heavy atom. The Balaban J connectivity index is 2.23. The van der Waals surface area contributed by atoms with Gasteiger partial charge in [0.25, 0.3) is 0 Å². The molecular weight excluding hydrogens is 162 g/mol. The molecule has 0 bridgehead atoms. The number of hydrogen-bond donors (Lipinski definition) is 0. The van der Waals surface area contributed by atoms with E-state index in [9.17, 15) is 0 Å². The molecule has 69 valence electrons. The molecule has 0 atom stereocenters. The molecule has 1 rings (SSSR count). The van der Waals surface area contributed by atoms with E-state index in [2.05, 4.69) is 18.1 Å². The fraction of sp³-hybridized carbons (Fsp3) is 0.364. The third-order valence-corrected chi connectivity index (χ3v) is 1.53. The van der Waals surface area contributed by atoms with Gasteiger partial charge in [0.2, 0.25) is 0 Å². The summed E-state index contributed by atoms with van der Waals surface area (Å²) in [6, 6.07) is 11.0. The molecule has 1 radical (unpaired) electrons. The van der Waals surface area contributed by atoms with Crippen LogP contribution in [-0.4, -0.2) is 12.8 Å². The summed E-state index contributed by atoms with van der Waals surface area (Å²) in [5.74, 6) is 0. The second kappa shape index (κ2) is 6.23. The molecule has 0 aliphatic heterocycles. The van der Waals surface area contributed by atoms with Gasteiger partial charge in [0.15, 0.2) is 0 Å². The average Bonchev–Trinajstić information content (AvgIpc) is 2.19. The molecule has 0 aliphatic rings. The zero-order valence-electron chi connectivity index (χ0n) is 7.86. The van der Waals surface area contributed by atoms with Crippen LogP contribution in [0.1, 0.15) is 18.9 Å². The van der Waals surface area contributed by atoms with E-state index in [0.29, 0.717) is 6.61 Å². The number of rotatable bonds is 5. The van der Waals surface area contributed by atoms with Crippen LogP contribution >= 0.6 is 0 Å². The summed E-state index contributed by atoms with van der Waals surface area (Å²) in [6.45, 7) is 2.75. The summed E-state index contributed by atoms with van der Waals surface area (Å²) < 4.78 is 0. The van der Waals surface area contributed by atoms with Gasteiger partial charge in [-0.3, -0.25) is 0 Å². The molecule has 0 saturated carbocycles. The van der Waals surface area contributed by atoms with Crippen LogP contribution in [0.2, 0.25) is 0 Å². The minimum atomic E-state index is 0.689. The van der Waals surface area contributed by atoms with Crippen molar-refractivity contribution < 1.29 is 4.84 Å². The lowest BCUT2D eigenvalue weighted by atomic mass is 10.2. The van der Waals surface area contributed by atoms with Crippen molar-refractivity contribution in [3.63, 3.8) is 0 Å². The highest BCUT2D eigenvalue weighted by Crippen LogP contribution is 1.96. The van der Waals surface area contributed by atoms with Gasteiger partial charge < -0.3 is 4.84 Å². The Kier molecular flexibility index (Phi) is 4.69. The molecule has 1 aromatic rings. The van der Waals surface area contributed by atoms with Crippen LogP contribution in [0.15, 0.2) is 29.4 Å². The van der Waals surface area contributed by atoms with Gasteiger partial charge in [-0.1, -0.05) is 36.3 Å². The molecule has 0 amide bonds. The third kappa shape index (κ3) is 4.31. The standard InChI is InChI=1S/C11H14NO/c1-2-10-13-12-9-8-11-6-4-3-5-7-11/h3-6,9H,2,8,10H2,1H3. The van der Waals surface area contributed by atoms with Crippen molar-refractivity contribution in [3.8, 4) is 0 Å². The first-order chi connectivity index (χ1) is 6.43. The highest BCUT2D eigenvalue weighted by Gasteiger charge is 1.86. The molecule has 0 N–H and O–H groups in total.